The molecule has 7 unspecified atom stereocenters. The van der Waals surface area contributed by atoms with E-state index in [9.17, 15) is 0 Å². The Labute approximate surface area is 277 Å². The lowest BCUT2D eigenvalue weighted by atomic mass is 9.47. The minimum absolute atomic E-state index is 0.00521. The summed E-state index contributed by atoms with van der Waals surface area (Å²) in [6.45, 7) is 0. The van der Waals surface area contributed by atoms with Gasteiger partial charge in [-0.1, -0.05) is 78.9 Å². The second kappa shape index (κ2) is 10.9. The summed E-state index contributed by atoms with van der Waals surface area (Å²) in [7, 11) is 0. The van der Waals surface area contributed by atoms with Crippen LogP contribution < -0.4 is 0 Å². The van der Waals surface area contributed by atoms with Gasteiger partial charge >= 0.3 is 0 Å². The van der Waals surface area contributed by atoms with Crippen LogP contribution in [0.15, 0.2) is 155 Å². The van der Waals surface area contributed by atoms with Crippen LogP contribution >= 0.6 is 0 Å². The van der Waals surface area contributed by atoms with Gasteiger partial charge in [-0.25, -0.2) is 0 Å². The maximum atomic E-state index is 7.11. The van der Waals surface area contributed by atoms with Gasteiger partial charge < -0.3 is 19.1 Å². The van der Waals surface area contributed by atoms with Gasteiger partial charge in [0.15, 0.2) is 0 Å². The highest BCUT2D eigenvalue weighted by Gasteiger charge is 2.64. The molecule has 0 aromatic heterocycles. The molecule has 0 saturated carbocycles. The topological polar surface area (TPSA) is 30.9 Å². The number of allylic oxidation sites excluding steroid dienone is 13. The lowest BCUT2D eigenvalue weighted by molar-refractivity contribution is -0.168. The Hall–Kier alpha value is -4.28. The van der Waals surface area contributed by atoms with Crippen molar-refractivity contribution in [3.63, 3.8) is 0 Å². The van der Waals surface area contributed by atoms with Gasteiger partial charge in [0.25, 0.3) is 0 Å². The summed E-state index contributed by atoms with van der Waals surface area (Å²) in [4.78, 5) is 2.47. The quantitative estimate of drug-likeness (QED) is 0.309. The standard InChI is InChI=1S/C43H41NO3/c1-2-12-28(13-3-1)29-22-24-33-41(26-29)45-37-18-8-4-14-31(37)43(33)32-15-5-9-19-38(32)46-42-27-30(23-25-34(42)43)44-35-16-6-10-20-39(35)47-40-21-11-7-17-36(40)44/h1-4,6,11-16,19,21-27,31,33-34,37,41-42H,5,7-10,17-18,20H2. The van der Waals surface area contributed by atoms with E-state index in [0.717, 1.165) is 68.6 Å². The molecule has 1 aromatic rings. The van der Waals surface area contributed by atoms with Crippen molar-refractivity contribution in [3.05, 3.63) is 161 Å². The molecule has 6 aliphatic carbocycles. The first-order valence-electron chi connectivity index (χ1n) is 17.8. The third-order valence-corrected chi connectivity index (χ3v) is 11.8. The second-order valence-corrected chi connectivity index (χ2v) is 14.2. The zero-order valence-corrected chi connectivity index (χ0v) is 26.8. The van der Waals surface area contributed by atoms with Crippen molar-refractivity contribution in [1.29, 1.82) is 0 Å². The zero-order valence-electron chi connectivity index (χ0n) is 26.8. The molecule has 7 atom stereocenters. The maximum absolute atomic E-state index is 7.11. The van der Waals surface area contributed by atoms with Crippen molar-refractivity contribution < 1.29 is 14.2 Å². The van der Waals surface area contributed by atoms with E-state index >= 15 is 0 Å². The largest absolute Gasteiger partial charge is 0.486 e. The monoisotopic (exact) mass is 619 g/mol. The molecule has 3 heterocycles. The molecule has 0 N–H and O–H groups in total. The number of hydrogen-bond donors (Lipinski definition) is 0. The predicted molar refractivity (Wildman–Crippen MR) is 185 cm³/mol. The molecular weight excluding hydrogens is 578 g/mol. The fourth-order valence-electron chi connectivity index (χ4n) is 9.94. The number of ether oxygens (including phenoxy) is 3. The Bertz CT molecular complexity index is 1860. The minimum atomic E-state index is -0.175. The van der Waals surface area contributed by atoms with Crippen LogP contribution in [0.5, 0.6) is 0 Å². The summed E-state index contributed by atoms with van der Waals surface area (Å²) < 4.78 is 20.7. The predicted octanol–water partition coefficient (Wildman–Crippen LogP) is 9.50. The average Bonchev–Trinajstić information content (AvgIpc) is 3.13. The van der Waals surface area contributed by atoms with Crippen LogP contribution in [-0.2, 0) is 14.2 Å². The molecule has 0 amide bonds. The molecule has 2 fully saturated rings. The summed E-state index contributed by atoms with van der Waals surface area (Å²) >= 11 is 0. The highest BCUT2D eigenvalue weighted by atomic mass is 16.5. The van der Waals surface area contributed by atoms with Crippen LogP contribution in [-0.4, -0.2) is 23.2 Å². The van der Waals surface area contributed by atoms with Gasteiger partial charge in [0.2, 0.25) is 0 Å². The van der Waals surface area contributed by atoms with Crippen LogP contribution in [0.3, 0.4) is 0 Å². The first-order valence-corrected chi connectivity index (χ1v) is 17.8. The number of rotatable bonds is 2. The van der Waals surface area contributed by atoms with Gasteiger partial charge in [0.05, 0.1) is 23.6 Å². The molecule has 9 aliphatic rings. The van der Waals surface area contributed by atoms with Gasteiger partial charge in [0, 0.05) is 35.3 Å². The zero-order chi connectivity index (χ0) is 31.0. The molecule has 0 bridgehead atoms. The number of nitrogens with zero attached hydrogens (tertiary/aromatic N) is 1. The average molecular weight is 620 g/mol. The summed E-state index contributed by atoms with van der Waals surface area (Å²) in [6, 6.07) is 10.8. The molecule has 2 saturated heterocycles. The molecule has 1 spiro atoms. The van der Waals surface area contributed by atoms with Crippen LogP contribution in [0.2, 0.25) is 0 Å². The van der Waals surface area contributed by atoms with E-state index < -0.39 is 0 Å². The minimum Gasteiger partial charge on any atom is -0.486 e. The van der Waals surface area contributed by atoms with E-state index in [1.807, 2.05) is 0 Å². The van der Waals surface area contributed by atoms with Crippen molar-refractivity contribution in [2.24, 2.45) is 23.2 Å². The molecule has 10 rings (SSSR count). The first-order chi connectivity index (χ1) is 23.3. The van der Waals surface area contributed by atoms with Gasteiger partial charge in [0.1, 0.15) is 23.4 Å². The van der Waals surface area contributed by atoms with E-state index in [1.165, 1.54) is 33.8 Å². The smallest absolute Gasteiger partial charge is 0.146 e. The molecule has 4 heteroatoms. The third-order valence-electron chi connectivity index (χ3n) is 11.8. The van der Waals surface area contributed by atoms with Crippen LogP contribution in [0.25, 0.3) is 5.57 Å². The van der Waals surface area contributed by atoms with Crippen molar-refractivity contribution in [2.45, 2.75) is 69.7 Å². The summed E-state index contributed by atoms with van der Waals surface area (Å²) in [6.07, 6.45) is 41.6. The summed E-state index contributed by atoms with van der Waals surface area (Å²) in [5.74, 6) is 3.80. The fraction of sp³-hybridized carbons (Fsp3) is 0.349. The van der Waals surface area contributed by atoms with E-state index in [2.05, 4.69) is 120 Å². The Morgan fingerprint density at radius 2 is 1.57 bits per heavy atom. The Kier molecular flexibility index (Phi) is 6.44. The van der Waals surface area contributed by atoms with Gasteiger partial charge in [-0.3, -0.25) is 0 Å². The highest BCUT2D eigenvalue weighted by Crippen LogP contribution is 2.65. The lowest BCUT2D eigenvalue weighted by Crippen LogP contribution is -2.62. The molecule has 4 nitrogen and oxygen atoms in total. The number of fused-ring (bicyclic) bond motifs is 8. The van der Waals surface area contributed by atoms with Crippen LogP contribution in [0.4, 0.5) is 0 Å². The second-order valence-electron chi connectivity index (χ2n) is 14.2. The van der Waals surface area contributed by atoms with Crippen molar-refractivity contribution >= 4 is 5.57 Å². The molecule has 1 aromatic carbocycles. The number of benzene rings is 1. The van der Waals surface area contributed by atoms with Gasteiger partial charge in [-0.05, 0) is 98.1 Å². The van der Waals surface area contributed by atoms with E-state index in [-0.39, 0.29) is 41.5 Å². The Morgan fingerprint density at radius 3 is 2.53 bits per heavy atom. The van der Waals surface area contributed by atoms with Crippen molar-refractivity contribution in [3.8, 4) is 0 Å². The summed E-state index contributed by atoms with van der Waals surface area (Å²) in [5.41, 5.74) is 7.36. The van der Waals surface area contributed by atoms with E-state index in [1.54, 1.807) is 0 Å². The van der Waals surface area contributed by atoms with Crippen molar-refractivity contribution in [2.75, 3.05) is 0 Å². The highest BCUT2D eigenvalue weighted by molar-refractivity contribution is 5.76. The Morgan fingerprint density at radius 1 is 0.723 bits per heavy atom. The molecular formula is C43H41NO3. The van der Waals surface area contributed by atoms with E-state index in [0.29, 0.717) is 0 Å². The lowest BCUT2D eigenvalue weighted by Gasteiger charge is -2.62. The SMILES string of the molecule is C1=CC2=C(CC1)OC1=C(CCC=C1)N2C1=CC2OC3=CCCC=C3C3(C2C=C1)C1C=CC(c2ccccc2)=CC1OC1CCC=CC13. The normalized spacial score (nSPS) is 36.0. The van der Waals surface area contributed by atoms with Gasteiger partial charge in [-0.15, -0.1) is 0 Å². The first kappa shape index (κ1) is 27.8. The van der Waals surface area contributed by atoms with E-state index in [4.69, 9.17) is 14.2 Å². The molecule has 236 valence electrons. The van der Waals surface area contributed by atoms with Crippen molar-refractivity contribution in [1.82, 2.24) is 4.90 Å². The van der Waals surface area contributed by atoms with Crippen LogP contribution in [0, 0.1) is 23.2 Å². The molecule has 3 aliphatic heterocycles. The third kappa shape index (κ3) is 4.16. The van der Waals surface area contributed by atoms with Gasteiger partial charge in [-0.2, -0.15) is 0 Å². The number of hydrogen-bond acceptors (Lipinski definition) is 4. The molecule has 0 radical (unpaired) electrons. The Balaban J connectivity index is 1.11. The summed E-state index contributed by atoms with van der Waals surface area (Å²) in [5, 5.41) is 0. The fourth-order valence-corrected chi connectivity index (χ4v) is 9.94. The molecule has 47 heavy (non-hydrogen) atoms. The maximum Gasteiger partial charge on any atom is 0.146 e. The van der Waals surface area contributed by atoms with Crippen LogP contribution in [0.1, 0.15) is 56.9 Å².